The summed E-state index contributed by atoms with van der Waals surface area (Å²) in [5.41, 5.74) is 9.50. The number of hydrogen-bond donors (Lipinski definition) is 0. The molecule has 0 atom stereocenters. The van der Waals surface area contributed by atoms with Gasteiger partial charge in [-0.2, -0.15) is 0 Å². The Hall–Kier alpha value is -0.350. The normalized spacial score (nSPS) is 12.0. The first-order valence-electron chi connectivity index (χ1n) is 10.7. The van der Waals surface area contributed by atoms with Crippen molar-refractivity contribution in [1.82, 2.24) is 0 Å². The summed E-state index contributed by atoms with van der Waals surface area (Å²) >= 11 is 0. The van der Waals surface area contributed by atoms with Gasteiger partial charge >= 0.3 is 0 Å². The molecule has 0 nitrogen and oxygen atoms in total. The summed E-state index contributed by atoms with van der Waals surface area (Å²) in [6.45, 7) is 18.9. The van der Waals surface area contributed by atoms with Crippen LogP contribution in [0.1, 0.15) is 92.7 Å². The van der Waals surface area contributed by atoms with Gasteiger partial charge in [-0.3, -0.25) is 0 Å². The van der Waals surface area contributed by atoms with Gasteiger partial charge in [-0.1, -0.05) is 40.0 Å². The zero-order valence-electron chi connectivity index (χ0n) is 18.5. The topological polar surface area (TPSA) is 0 Å². The minimum atomic E-state index is -0.876. The molecule has 0 spiro atoms. The summed E-state index contributed by atoms with van der Waals surface area (Å²) in [6, 6.07) is 0. The minimum absolute atomic E-state index is 0.876. The molecule has 0 bridgehead atoms. The average molecular weight is 364 g/mol. The standard InChI is InChI=1S/C24H44P/c1-9-12-15-25(16-13-10-2,17-14-11-3)18-24-22(7)20(5)19(4)21(6)23(24)8/h9-18H2,1-8H3/q+1. The molecular formula is C24H44P+. The summed E-state index contributed by atoms with van der Waals surface area (Å²) < 4.78 is 0. The molecule has 0 aromatic heterocycles. The van der Waals surface area contributed by atoms with E-state index in [1.54, 1.807) is 16.7 Å². The van der Waals surface area contributed by atoms with Crippen molar-refractivity contribution in [2.75, 3.05) is 18.5 Å². The highest BCUT2D eigenvalue weighted by Crippen LogP contribution is 2.64. The predicted molar refractivity (Wildman–Crippen MR) is 120 cm³/mol. The van der Waals surface area contributed by atoms with Gasteiger partial charge < -0.3 is 0 Å². The molecule has 0 fully saturated rings. The van der Waals surface area contributed by atoms with E-state index in [1.807, 2.05) is 0 Å². The maximum atomic E-state index is 2.39. The molecule has 0 aliphatic heterocycles. The van der Waals surface area contributed by atoms with Crippen molar-refractivity contribution in [3.8, 4) is 0 Å². The zero-order valence-corrected chi connectivity index (χ0v) is 19.4. The fourth-order valence-corrected chi connectivity index (χ4v) is 9.45. The van der Waals surface area contributed by atoms with Crippen molar-refractivity contribution < 1.29 is 0 Å². The van der Waals surface area contributed by atoms with Gasteiger partial charge in [0.25, 0.3) is 0 Å². The van der Waals surface area contributed by atoms with Crippen LogP contribution in [0, 0.1) is 34.6 Å². The van der Waals surface area contributed by atoms with Gasteiger partial charge in [-0.15, -0.1) is 0 Å². The van der Waals surface area contributed by atoms with Gasteiger partial charge in [0.2, 0.25) is 0 Å². The number of rotatable bonds is 11. The highest BCUT2D eigenvalue weighted by Gasteiger charge is 2.37. The summed E-state index contributed by atoms with van der Waals surface area (Å²) in [6.07, 6.45) is 14.3. The van der Waals surface area contributed by atoms with Crippen LogP contribution in [0.2, 0.25) is 0 Å². The number of hydrogen-bond acceptors (Lipinski definition) is 0. The van der Waals surface area contributed by atoms with Gasteiger partial charge in [0, 0.05) is 7.26 Å². The third-order valence-corrected chi connectivity index (χ3v) is 11.4. The molecule has 1 aromatic rings. The van der Waals surface area contributed by atoms with E-state index in [2.05, 4.69) is 55.4 Å². The van der Waals surface area contributed by atoms with E-state index >= 15 is 0 Å². The SMILES string of the molecule is CCCC[P+](CCCC)(CCCC)Cc1c(C)c(C)c(C)c(C)c1C. The molecule has 0 N–H and O–H groups in total. The van der Waals surface area contributed by atoms with Crippen LogP contribution in [0.4, 0.5) is 0 Å². The summed E-state index contributed by atoms with van der Waals surface area (Å²) in [5, 5.41) is 0. The molecule has 0 heterocycles. The first kappa shape index (κ1) is 22.7. The third-order valence-electron chi connectivity index (χ3n) is 6.61. The summed E-state index contributed by atoms with van der Waals surface area (Å²) in [5.74, 6) is 0. The molecule has 1 heteroatoms. The molecule has 0 aliphatic rings. The Kier molecular flexibility index (Phi) is 9.73. The molecule has 0 aliphatic carbocycles. The fraction of sp³-hybridized carbons (Fsp3) is 0.750. The lowest BCUT2D eigenvalue weighted by Gasteiger charge is -2.30. The maximum Gasteiger partial charge on any atom is 0.0848 e. The smallest absolute Gasteiger partial charge is 0.0652 e. The second-order valence-electron chi connectivity index (χ2n) is 8.33. The molecular weight excluding hydrogens is 319 g/mol. The van der Waals surface area contributed by atoms with Crippen molar-refractivity contribution in [3.63, 3.8) is 0 Å². The van der Waals surface area contributed by atoms with E-state index < -0.39 is 7.26 Å². The van der Waals surface area contributed by atoms with Crippen molar-refractivity contribution in [2.24, 2.45) is 0 Å². The third kappa shape index (κ3) is 5.82. The second-order valence-corrected chi connectivity index (χ2v) is 12.7. The molecule has 1 aromatic carbocycles. The monoisotopic (exact) mass is 363 g/mol. The van der Waals surface area contributed by atoms with Crippen molar-refractivity contribution >= 4 is 7.26 Å². The van der Waals surface area contributed by atoms with Gasteiger partial charge in [-0.05, 0) is 87.3 Å². The lowest BCUT2D eigenvalue weighted by molar-refractivity contribution is 0.831. The van der Waals surface area contributed by atoms with Gasteiger partial charge in [0.1, 0.15) is 0 Å². The van der Waals surface area contributed by atoms with Gasteiger partial charge in [-0.25, -0.2) is 0 Å². The van der Waals surface area contributed by atoms with Crippen LogP contribution in [-0.4, -0.2) is 18.5 Å². The molecule has 1 rings (SSSR count). The Morgan fingerprint density at radius 3 is 1.16 bits per heavy atom. The van der Waals surface area contributed by atoms with Crippen LogP contribution >= 0.6 is 7.26 Å². The van der Waals surface area contributed by atoms with Crippen molar-refractivity contribution in [3.05, 3.63) is 33.4 Å². The molecule has 0 saturated carbocycles. The molecule has 144 valence electrons. The Morgan fingerprint density at radius 1 is 0.520 bits per heavy atom. The molecule has 0 amide bonds. The Balaban J connectivity index is 3.31. The van der Waals surface area contributed by atoms with Gasteiger partial charge in [0.15, 0.2) is 0 Å². The Labute approximate surface area is 159 Å². The Morgan fingerprint density at radius 2 is 0.840 bits per heavy atom. The van der Waals surface area contributed by atoms with E-state index in [-0.39, 0.29) is 0 Å². The van der Waals surface area contributed by atoms with Crippen molar-refractivity contribution in [2.45, 2.75) is 100 Å². The van der Waals surface area contributed by atoms with E-state index in [0.29, 0.717) is 0 Å². The predicted octanol–water partition coefficient (Wildman–Crippen LogP) is 8.15. The van der Waals surface area contributed by atoms with E-state index in [1.165, 1.54) is 79.9 Å². The van der Waals surface area contributed by atoms with Gasteiger partial charge in [0.05, 0.1) is 24.6 Å². The van der Waals surface area contributed by atoms with E-state index in [4.69, 9.17) is 0 Å². The van der Waals surface area contributed by atoms with Crippen LogP contribution in [0.5, 0.6) is 0 Å². The minimum Gasteiger partial charge on any atom is -0.0652 e. The lowest BCUT2D eigenvalue weighted by Crippen LogP contribution is -2.14. The second kappa shape index (κ2) is 10.7. The highest BCUT2D eigenvalue weighted by molar-refractivity contribution is 7.75. The van der Waals surface area contributed by atoms with Crippen LogP contribution in [0.3, 0.4) is 0 Å². The average Bonchev–Trinajstić information content (AvgIpc) is 2.62. The van der Waals surface area contributed by atoms with E-state index in [0.717, 1.165) is 0 Å². The van der Waals surface area contributed by atoms with Crippen LogP contribution in [0.25, 0.3) is 0 Å². The van der Waals surface area contributed by atoms with Crippen LogP contribution < -0.4 is 0 Å². The maximum absolute atomic E-state index is 2.39. The lowest BCUT2D eigenvalue weighted by atomic mass is 9.90. The molecule has 0 saturated heterocycles. The number of unbranched alkanes of at least 4 members (excludes halogenated alkanes) is 3. The van der Waals surface area contributed by atoms with Crippen LogP contribution in [0.15, 0.2) is 0 Å². The molecule has 0 radical (unpaired) electrons. The zero-order chi connectivity index (χ0) is 19.0. The summed E-state index contributed by atoms with van der Waals surface area (Å²) in [4.78, 5) is 0. The fourth-order valence-electron chi connectivity index (χ4n) is 4.20. The van der Waals surface area contributed by atoms with E-state index in [9.17, 15) is 0 Å². The highest BCUT2D eigenvalue weighted by atomic mass is 31.2. The van der Waals surface area contributed by atoms with Crippen molar-refractivity contribution in [1.29, 1.82) is 0 Å². The first-order valence-corrected chi connectivity index (χ1v) is 13.3. The Bertz CT molecular complexity index is 491. The van der Waals surface area contributed by atoms with Crippen LogP contribution in [-0.2, 0) is 6.16 Å². The summed E-state index contributed by atoms with van der Waals surface area (Å²) in [7, 11) is -0.876. The molecule has 0 unspecified atom stereocenters. The largest absolute Gasteiger partial charge is 0.0848 e. The quantitative estimate of drug-likeness (QED) is 0.348. The number of benzene rings is 1. The molecule has 25 heavy (non-hydrogen) atoms. The first-order chi connectivity index (χ1) is 11.8.